The Kier molecular flexibility index (Phi) is 6.91. The molecule has 6 heteroatoms. The van der Waals surface area contributed by atoms with Gasteiger partial charge in [-0.1, -0.05) is 19.8 Å². The van der Waals surface area contributed by atoms with Gasteiger partial charge >= 0.3 is 6.09 Å². The fourth-order valence-corrected chi connectivity index (χ4v) is 2.81. The second-order valence-electron chi connectivity index (χ2n) is 7.46. The van der Waals surface area contributed by atoms with Crippen LogP contribution < -0.4 is 10.2 Å². The summed E-state index contributed by atoms with van der Waals surface area (Å²) in [5.74, 6) is 0.975. The molecule has 0 atom stereocenters. The Labute approximate surface area is 151 Å². The minimum atomic E-state index is -0.454. The maximum atomic E-state index is 12.2. The van der Waals surface area contributed by atoms with Gasteiger partial charge in [0.1, 0.15) is 5.60 Å². The van der Waals surface area contributed by atoms with Crippen molar-refractivity contribution in [3.8, 4) is 0 Å². The topological polar surface area (TPSA) is 57.7 Å². The highest BCUT2D eigenvalue weighted by Gasteiger charge is 2.27. The first-order chi connectivity index (χ1) is 11.9. The number of amides is 1. The van der Waals surface area contributed by atoms with Gasteiger partial charge < -0.3 is 19.9 Å². The molecular weight excluding hydrogens is 316 g/mol. The van der Waals surface area contributed by atoms with E-state index in [2.05, 4.69) is 28.2 Å². The Balaban J connectivity index is 1.91. The van der Waals surface area contributed by atoms with Crippen molar-refractivity contribution in [2.75, 3.05) is 42.9 Å². The SMILES string of the molecule is CCCCCNc1cccnc1N1CCN(C(=O)OC(C)(C)C)CC1. The summed E-state index contributed by atoms with van der Waals surface area (Å²) >= 11 is 0. The molecule has 1 fully saturated rings. The maximum Gasteiger partial charge on any atom is 0.410 e. The molecule has 0 radical (unpaired) electrons. The first-order valence-electron chi connectivity index (χ1n) is 9.32. The van der Waals surface area contributed by atoms with Crippen LogP contribution in [0, 0.1) is 0 Å². The molecule has 0 aromatic carbocycles. The van der Waals surface area contributed by atoms with Crippen LogP contribution in [0.3, 0.4) is 0 Å². The first-order valence-corrected chi connectivity index (χ1v) is 9.32. The molecule has 0 bridgehead atoms. The molecule has 1 amide bonds. The predicted octanol–water partition coefficient (Wildman–Crippen LogP) is 3.74. The molecule has 0 spiro atoms. The number of nitrogens with one attached hydrogen (secondary N) is 1. The van der Waals surface area contributed by atoms with Crippen LogP contribution in [0.1, 0.15) is 47.0 Å². The van der Waals surface area contributed by atoms with Gasteiger partial charge in [0.25, 0.3) is 0 Å². The summed E-state index contributed by atoms with van der Waals surface area (Å²) in [4.78, 5) is 20.8. The van der Waals surface area contributed by atoms with Crippen molar-refractivity contribution in [1.29, 1.82) is 0 Å². The lowest BCUT2D eigenvalue weighted by Gasteiger charge is -2.36. The van der Waals surface area contributed by atoms with Crippen LogP contribution in [0.4, 0.5) is 16.3 Å². The van der Waals surface area contributed by atoms with Gasteiger partial charge in [-0.15, -0.1) is 0 Å². The molecule has 0 saturated carbocycles. The normalized spacial score (nSPS) is 15.2. The zero-order valence-electron chi connectivity index (χ0n) is 16.0. The van der Waals surface area contributed by atoms with Crippen LogP contribution >= 0.6 is 0 Å². The van der Waals surface area contributed by atoms with Crippen molar-refractivity contribution in [1.82, 2.24) is 9.88 Å². The van der Waals surface area contributed by atoms with E-state index in [1.807, 2.05) is 33.0 Å². The van der Waals surface area contributed by atoms with Gasteiger partial charge in [0, 0.05) is 38.9 Å². The van der Waals surface area contributed by atoms with Crippen molar-refractivity contribution in [2.45, 2.75) is 52.6 Å². The number of pyridine rings is 1. The van der Waals surface area contributed by atoms with Crippen molar-refractivity contribution in [3.63, 3.8) is 0 Å². The summed E-state index contributed by atoms with van der Waals surface area (Å²) in [6.45, 7) is 11.7. The van der Waals surface area contributed by atoms with Gasteiger partial charge in [-0.2, -0.15) is 0 Å². The van der Waals surface area contributed by atoms with Crippen LogP contribution in [0.25, 0.3) is 0 Å². The fourth-order valence-electron chi connectivity index (χ4n) is 2.81. The number of aromatic nitrogens is 1. The third kappa shape index (κ3) is 6.11. The van der Waals surface area contributed by atoms with Crippen LogP contribution in [0.2, 0.25) is 0 Å². The van der Waals surface area contributed by atoms with Crippen molar-refractivity contribution in [3.05, 3.63) is 18.3 Å². The molecule has 1 aliphatic heterocycles. The molecule has 2 heterocycles. The minimum absolute atomic E-state index is 0.230. The first kappa shape index (κ1) is 19.3. The van der Waals surface area contributed by atoms with Gasteiger partial charge in [-0.3, -0.25) is 0 Å². The lowest BCUT2D eigenvalue weighted by molar-refractivity contribution is 0.0240. The molecule has 2 rings (SSSR count). The zero-order valence-corrected chi connectivity index (χ0v) is 16.0. The number of ether oxygens (including phenoxy) is 1. The van der Waals surface area contributed by atoms with E-state index in [1.54, 1.807) is 4.90 Å². The van der Waals surface area contributed by atoms with E-state index in [0.29, 0.717) is 13.1 Å². The molecule has 1 aromatic rings. The highest BCUT2D eigenvalue weighted by molar-refractivity contribution is 5.69. The molecule has 0 aliphatic carbocycles. The highest BCUT2D eigenvalue weighted by atomic mass is 16.6. The summed E-state index contributed by atoms with van der Waals surface area (Å²) in [6.07, 6.45) is 5.21. The number of hydrogen-bond acceptors (Lipinski definition) is 5. The van der Waals surface area contributed by atoms with Crippen LogP contribution in [-0.4, -0.2) is 54.3 Å². The van der Waals surface area contributed by atoms with Crippen LogP contribution in [-0.2, 0) is 4.74 Å². The summed E-state index contributed by atoms with van der Waals surface area (Å²) in [6, 6.07) is 4.04. The fraction of sp³-hybridized carbons (Fsp3) is 0.684. The van der Waals surface area contributed by atoms with E-state index >= 15 is 0 Å². The van der Waals surface area contributed by atoms with Crippen LogP contribution in [0.15, 0.2) is 18.3 Å². The molecule has 25 heavy (non-hydrogen) atoms. The number of piperazine rings is 1. The Morgan fingerprint density at radius 1 is 1.24 bits per heavy atom. The smallest absolute Gasteiger partial charge is 0.410 e. The average molecular weight is 348 g/mol. The third-order valence-electron chi connectivity index (χ3n) is 4.11. The highest BCUT2D eigenvalue weighted by Crippen LogP contribution is 2.24. The summed E-state index contributed by atoms with van der Waals surface area (Å²) in [5, 5.41) is 3.50. The summed E-state index contributed by atoms with van der Waals surface area (Å²) < 4.78 is 5.46. The van der Waals surface area contributed by atoms with Gasteiger partial charge in [0.2, 0.25) is 0 Å². The molecule has 1 saturated heterocycles. The lowest BCUT2D eigenvalue weighted by atomic mass is 10.2. The maximum absolute atomic E-state index is 12.2. The predicted molar refractivity (Wildman–Crippen MR) is 102 cm³/mol. The Bertz CT molecular complexity index is 549. The quantitative estimate of drug-likeness (QED) is 0.794. The van der Waals surface area contributed by atoms with Crippen molar-refractivity contribution in [2.24, 2.45) is 0 Å². The molecule has 1 aliphatic rings. The molecule has 0 unspecified atom stereocenters. The summed E-state index contributed by atoms with van der Waals surface area (Å²) in [5.41, 5.74) is 0.620. The van der Waals surface area contributed by atoms with E-state index in [0.717, 1.165) is 37.6 Å². The van der Waals surface area contributed by atoms with E-state index in [9.17, 15) is 4.79 Å². The number of carbonyl (C=O) groups is 1. The van der Waals surface area contributed by atoms with E-state index < -0.39 is 5.60 Å². The standard InChI is InChI=1S/C19H32N4O2/c1-5-6-7-10-20-16-9-8-11-21-17(16)22-12-14-23(15-13-22)18(24)25-19(2,3)4/h8-9,11,20H,5-7,10,12-15H2,1-4H3. The molecule has 1 N–H and O–H groups in total. The molecule has 1 aromatic heterocycles. The Morgan fingerprint density at radius 2 is 1.96 bits per heavy atom. The zero-order chi connectivity index (χ0) is 18.3. The largest absolute Gasteiger partial charge is 0.444 e. The lowest BCUT2D eigenvalue weighted by Crippen LogP contribution is -2.50. The number of hydrogen-bond donors (Lipinski definition) is 1. The van der Waals surface area contributed by atoms with Gasteiger partial charge in [0.15, 0.2) is 5.82 Å². The second kappa shape index (κ2) is 8.92. The number of nitrogens with zero attached hydrogens (tertiary/aromatic N) is 3. The van der Waals surface area contributed by atoms with Gasteiger partial charge in [-0.05, 0) is 39.3 Å². The Morgan fingerprint density at radius 3 is 2.60 bits per heavy atom. The molecule has 140 valence electrons. The van der Waals surface area contributed by atoms with E-state index in [-0.39, 0.29) is 6.09 Å². The average Bonchev–Trinajstić information content (AvgIpc) is 2.58. The Hall–Kier alpha value is -1.98. The number of unbranched alkanes of at least 4 members (excludes halogenated alkanes) is 2. The monoisotopic (exact) mass is 348 g/mol. The molecule has 6 nitrogen and oxygen atoms in total. The van der Waals surface area contributed by atoms with Gasteiger partial charge in [-0.25, -0.2) is 9.78 Å². The number of anilines is 2. The third-order valence-corrected chi connectivity index (χ3v) is 4.11. The van der Waals surface area contributed by atoms with E-state index in [1.165, 1.54) is 12.8 Å². The second-order valence-corrected chi connectivity index (χ2v) is 7.46. The van der Waals surface area contributed by atoms with Crippen molar-refractivity contribution < 1.29 is 9.53 Å². The number of carbonyl (C=O) groups excluding carboxylic acids is 1. The van der Waals surface area contributed by atoms with E-state index in [4.69, 9.17) is 4.74 Å². The van der Waals surface area contributed by atoms with Crippen molar-refractivity contribution >= 4 is 17.6 Å². The minimum Gasteiger partial charge on any atom is -0.444 e. The number of rotatable bonds is 6. The summed E-state index contributed by atoms with van der Waals surface area (Å²) in [7, 11) is 0. The van der Waals surface area contributed by atoms with Crippen LogP contribution in [0.5, 0.6) is 0 Å². The molecular formula is C19H32N4O2. The van der Waals surface area contributed by atoms with Gasteiger partial charge in [0.05, 0.1) is 5.69 Å².